The number of hydrogen-bond donors (Lipinski definition) is 1. The summed E-state index contributed by atoms with van der Waals surface area (Å²) in [7, 11) is 0. The van der Waals surface area contributed by atoms with Crippen LogP contribution in [0.15, 0.2) is 18.2 Å². The summed E-state index contributed by atoms with van der Waals surface area (Å²) in [6, 6.07) is 3.12. The lowest BCUT2D eigenvalue weighted by Crippen LogP contribution is -2.42. The fourth-order valence-electron chi connectivity index (χ4n) is 2.71. The van der Waals surface area contributed by atoms with Gasteiger partial charge >= 0.3 is 0 Å². The summed E-state index contributed by atoms with van der Waals surface area (Å²) in [5.41, 5.74) is 6.15. The molecule has 1 saturated heterocycles. The zero-order chi connectivity index (χ0) is 14.0. The van der Waals surface area contributed by atoms with Gasteiger partial charge in [0.2, 0.25) is 0 Å². The van der Waals surface area contributed by atoms with Gasteiger partial charge in [-0.1, -0.05) is 25.2 Å². The van der Waals surface area contributed by atoms with Crippen LogP contribution in [-0.2, 0) is 0 Å². The average molecular weight is 284 g/mol. The van der Waals surface area contributed by atoms with Crippen LogP contribution >= 0.6 is 12.2 Å². The maximum atomic E-state index is 13.9. The summed E-state index contributed by atoms with van der Waals surface area (Å²) in [6.45, 7) is 3.83. The molecule has 2 N–H and O–H groups in total. The van der Waals surface area contributed by atoms with Crippen LogP contribution in [0.25, 0.3) is 0 Å². The summed E-state index contributed by atoms with van der Waals surface area (Å²) in [4.78, 5) is 2.33. The smallest absolute Gasteiger partial charge is 0.131 e. The van der Waals surface area contributed by atoms with Crippen molar-refractivity contribution in [3.63, 3.8) is 0 Å². The summed E-state index contributed by atoms with van der Waals surface area (Å²) >= 11 is 5.09. The molecule has 0 spiro atoms. The van der Waals surface area contributed by atoms with Crippen molar-refractivity contribution >= 4 is 17.2 Å². The Morgan fingerprint density at radius 3 is 2.79 bits per heavy atom. The molecule has 104 valence electrons. The number of piperidine rings is 1. The van der Waals surface area contributed by atoms with Gasteiger partial charge in [-0.15, -0.1) is 0 Å². The minimum Gasteiger partial charge on any atom is -0.392 e. The molecule has 0 aliphatic carbocycles. The maximum Gasteiger partial charge on any atom is 0.131 e. The molecule has 5 heteroatoms. The second-order valence-electron chi connectivity index (χ2n) is 5.21. The van der Waals surface area contributed by atoms with Crippen LogP contribution in [0.4, 0.5) is 8.78 Å². The Morgan fingerprint density at radius 2 is 2.21 bits per heavy atom. The monoisotopic (exact) mass is 284 g/mol. The molecule has 1 aliphatic rings. The van der Waals surface area contributed by atoms with E-state index >= 15 is 0 Å². The molecule has 1 fully saturated rings. The van der Waals surface area contributed by atoms with Gasteiger partial charge in [-0.25, -0.2) is 8.78 Å². The molecule has 1 aliphatic heterocycles. The van der Waals surface area contributed by atoms with Crippen LogP contribution in [-0.4, -0.2) is 23.0 Å². The topological polar surface area (TPSA) is 29.3 Å². The van der Waals surface area contributed by atoms with E-state index in [0.29, 0.717) is 11.5 Å². The van der Waals surface area contributed by atoms with Crippen molar-refractivity contribution in [3.05, 3.63) is 35.4 Å². The number of rotatable bonds is 3. The fourth-order valence-corrected chi connectivity index (χ4v) is 2.99. The fraction of sp³-hybridized carbons (Fsp3) is 0.500. The number of hydrogen-bond acceptors (Lipinski definition) is 2. The Morgan fingerprint density at radius 1 is 1.47 bits per heavy atom. The van der Waals surface area contributed by atoms with Crippen LogP contribution in [0, 0.1) is 17.6 Å². The van der Waals surface area contributed by atoms with Crippen LogP contribution in [0.2, 0.25) is 0 Å². The van der Waals surface area contributed by atoms with Crippen molar-refractivity contribution < 1.29 is 8.78 Å². The molecule has 19 heavy (non-hydrogen) atoms. The van der Waals surface area contributed by atoms with Gasteiger partial charge < -0.3 is 5.73 Å². The highest BCUT2D eigenvalue weighted by Gasteiger charge is 2.29. The second kappa shape index (κ2) is 5.92. The van der Waals surface area contributed by atoms with Crippen molar-refractivity contribution in [2.75, 3.05) is 13.1 Å². The van der Waals surface area contributed by atoms with Crippen LogP contribution in [0.5, 0.6) is 0 Å². The van der Waals surface area contributed by atoms with Gasteiger partial charge in [0, 0.05) is 18.2 Å². The van der Waals surface area contributed by atoms with Gasteiger partial charge in [-0.05, 0) is 31.4 Å². The van der Waals surface area contributed by atoms with E-state index in [0.717, 1.165) is 32.0 Å². The summed E-state index contributed by atoms with van der Waals surface area (Å²) in [5.74, 6) is -0.639. The molecule has 1 aromatic carbocycles. The van der Waals surface area contributed by atoms with E-state index in [9.17, 15) is 8.78 Å². The quantitative estimate of drug-likeness (QED) is 0.865. The largest absolute Gasteiger partial charge is 0.392 e. The first-order valence-corrected chi connectivity index (χ1v) is 6.88. The zero-order valence-corrected chi connectivity index (χ0v) is 11.7. The minimum absolute atomic E-state index is 0.236. The molecule has 0 amide bonds. The lowest BCUT2D eigenvalue weighted by Gasteiger charge is -2.37. The van der Waals surface area contributed by atoms with Crippen LogP contribution in [0.3, 0.4) is 0 Å². The Hall–Kier alpha value is -1.07. The highest BCUT2D eigenvalue weighted by Crippen LogP contribution is 2.29. The van der Waals surface area contributed by atoms with Crippen molar-refractivity contribution in [1.29, 1.82) is 0 Å². The van der Waals surface area contributed by atoms with Gasteiger partial charge in [0.05, 0.1) is 11.0 Å². The number of thiocarbonyl (C=S) groups is 1. The third-order valence-electron chi connectivity index (χ3n) is 3.58. The molecule has 0 radical (unpaired) electrons. The summed E-state index contributed by atoms with van der Waals surface area (Å²) < 4.78 is 26.9. The van der Waals surface area contributed by atoms with Crippen molar-refractivity contribution in [2.24, 2.45) is 11.7 Å². The van der Waals surface area contributed by atoms with Gasteiger partial charge in [0.15, 0.2) is 0 Å². The standard InChI is InChI=1S/C14H18F2N2S/c1-9-3-2-6-18(8-9)13(14(17)19)11-5-4-10(15)7-12(11)16/h4-5,7,9,13H,2-3,6,8H2,1H3,(H2,17,19). The third kappa shape index (κ3) is 3.28. The minimum atomic E-state index is -0.588. The Kier molecular flexibility index (Phi) is 4.47. The number of nitrogens with zero attached hydrogens (tertiary/aromatic N) is 1. The van der Waals surface area contributed by atoms with E-state index < -0.39 is 17.7 Å². The molecule has 2 atom stereocenters. The Balaban J connectivity index is 2.31. The first kappa shape index (κ1) is 14.3. The molecule has 0 saturated carbocycles. The van der Waals surface area contributed by atoms with E-state index in [1.54, 1.807) is 0 Å². The summed E-state index contributed by atoms with van der Waals surface area (Å²) in [6.07, 6.45) is 2.20. The predicted molar refractivity (Wildman–Crippen MR) is 75.9 cm³/mol. The molecule has 0 bridgehead atoms. The molecular weight excluding hydrogens is 266 g/mol. The maximum absolute atomic E-state index is 13.9. The van der Waals surface area contributed by atoms with Gasteiger partial charge in [-0.3, -0.25) is 4.90 Å². The summed E-state index contributed by atoms with van der Waals surface area (Å²) in [5, 5.41) is 0. The van der Waals surface area contributed by atoms with Crippen molar-refractivity contribution in [1.82, 2.24) is 4.90 Å². The normalized spacial score (nSPS) is 22.2. The Labute approximate surface area is 117 Å². The first-order valence-electron chi connectivity index (χ1n) is 6.47. The van der Waals surface area contributed by atoms with Gasteiger partial charge in [0.1, 0.15) is 11.6 Å². The van der Waals surface area contributed by atoms with Crippen molar-refractivity contribution in [3.8, 4) is 0 Å². The predicted octanol–water partition coefficient (Wildman–Crippen LogP) is 3.02. The molecular formula is C14H18F2N2S. The second-order valence-corrected chi connectivity index (χ2v) is 5.68. The number of halogens is 2. The number of nitrogens with two attached hydrogens (primary N) is 1. The van der Waals surface area contributed by atoms with E-state index in [4.69, 9.17) is 18.0 Å². The van der Waals surface area contributed by atoms with E-state index in [2.05, 4.69) is 11.8 Å². The Bertz CT molecular complexity index is 479. The van der Waals surface area contributed by atoms with Crippen LogP contribution in [0.1, 0.15) is 31.4 Å². The third-order valence-corrected chi connectivity index (χ3v) is 3.80. The van der Waals surface area contributed by atoms with Gasteiger partial charge in [0.25, 0.3) is 0 Å². The van der Waals surface area contributed by atoms with E-state index in [-0.39, 0.29) is 4.99 Å². The first-order chi connectivity index (χ1) is 8.99. The number of likely N-dealkylation sites (tertiary alicyclic amines) is 1. The number of benzene rings is 1. The highest BCUT2D eigenvalue weighted by atomic mass is 32.1. The zero-order valence-electron chi connectivity index (χ0n) is 10.9. The van der Waals surface area contributed by atoms with E-state index in [1.165, 1.54) is 12.1 Å². The molecule has 1 aromatic rings. The van der Waals surface area contributed by atoms with Gasteiger partial charge in [-0.2, -0.15) is 0 Å². The average Bonchev–Trinajstić information content (AvgIpc) is 2.32. The van der Waals surface area contributed by atoms with E-state index in [1.807, 2.05) is 0 Å². The van der Waals surface area contributed by atoms with Crippen LogP contribution < -0.4 is 5.73 Å². The lowest BCUT2D eigenvalue weighted by molar-refractivity contribution is 0.160. The SMILES string of the molecule is CC1CCCN(C(C(N)=S)c2ccc(F)cc2F)C1. The molecule has 1 heterocycles. The molecule has 2 rings (SSSR count). The highest BCUT2D eigenvalue weighted by molar-refractivity contribution is 7.80. The molecule has 0 aromatic heterocycles. The molecule has 2 unspecified atom stereocenters. The molecule has 2 nitrogen and oxygen atoms in total. The van der Waals surface area contributed by atoms with Crippen molar-refractivity contribution in [2.45, 2.75) is 25.8 Å². The lowest BCUT2D eigenvalue weighted by atomic mass is 9.96.